The van der Waals surface area contributed by atoms with Crippen molar-refractivity contribution in [2.45, 2.75) is 42.5 Å². The average molecular weight is 316 g/mol. The van der Waals surface area contributed by atoms with E-state index < -0.39 is 16.0 Å². The Morgan fingerprint density at radius 1 is 1.40 bits per heavy atom. The van der Waals surface area contributed by atoms with Gasteiger partial charge < -0.3 is 10.4 Å². The first-order chi connectivity index (χ1) is 9.49. The largest absolute Gasteiger partial charge is 0.478 e. The second-order valence-electron chi connectivity index (χ2n) is 5.15. The van der Waals surface area contributed by atoms with Crippen LogP contribution >= 0.6 is 11.3 Å². The fourth-order valence-electron chi connectivity index (χ4n) is 2.51. The number of sulfonamides is 1. The lowest BCUT2D eigenvalue weighted by Crippen LogP contribution is -2.39. The zero-order valence-corrected chi connectivity index (χ0v) is 12.4. The third-order valence-corrected chi connectivity index (χ3v) is 7.05. The van der Waals surface area contributed by atoms with E-state index in [4.69, 9.17) is 0 Å². The molecule has 1 aliphatic heterocycles. The number of hydrogen-bond donors (Lipinski definition) is 3. The molecule has 6 nitrogen and oxygen atoms in total. The summed E-state index contributed by atoms with van der Waals surface area (Å²) in [6.45, 7) is 1.22. The molecular weight excluding hydrogens is 300 g/mol. The molecule has 2 heterocycles. The Bertz CT molecular complexity index is 647. The minimum Gasteiger partial charge on any atom is -0.478 e. The standard InChI is InChI=1S/C12H16N2O4S2/c15-11(16)10-8-4-5-13-6-9(8)19-12(10)20(17,18)14-7-2-1-3-7/h7,13-14H,1-6H2,(H,15,16). The van der Waals surface area contributed by atoms with Gasteiger partial charge in [0.1, 0.15) is 4.21 Å². The fourth-order valence-corrected chi connectivity index (χ4v) is 5.70. The molecule has 0 saturated heterocycles. The van der Waals surface area contributed by atoms with Gasteiger partial charge in [0.15, 0.2) is 0 Å². The molecular formula is C12H16N2O4S2. The molecule has 1 aromatic rings. The van der Waals surface area contributed by atoms with E-state index in [-0.39, 0.29) is 15.8 Å². The zero-order chi connectivity index (χ0) is 14.3. The Kier molecular flexibility index (Phi) is 3.57. The minimum absolute atomic E-state index is 0.0293. The van der Waals surface area contributed by atoms with Gasteiger partial charge in [-0.2, -0.15) is 0 Å². The monoisotopic (exact) mass is 316 g/mol. The summed E-state index contributed by atoms with van der Waals surface area (Å²) in [5.41, 5.74) is 0.647. The van der Waals surface area contributed by atoms with Gasteiger partial charge in [0.25, 0.3) is 10.0 Å². The second-order valence-corrected chi connectivity index (χ2v) is 8.16. The summed E-state index contributed by atoms with van der Waals surface area (Å²) in [6.07, 6.45) is 3.23. The lowest BCUT2D eigenvalue weighted by atomic mass is 9.94. The van der Waals surface area contributed by atoms with E-state index in [0.717, 1.165) is 35.5 Å². The van der Waals surface area contributed by atoms with Gasteiger partial charge in [-0.15, -0.1) is 11.3 Å². The molecule has 0 atom stereocenters. The molecule has 2 aliphatic rings. The van der Waals surface area contributed by atoms with Crippen LogP contribution in [0, 0.1) is 0 Å². The molecule has 1 aromatic heterocycles. The van der Waals surface area contributed by atoms with Crippen LogP contribution in [0.1, 0.15) is 40.1 Å². The van der Waals surface area contributed by atoms with Crippen LogP contribution < -0.4 is 10.0 Å². The van der Waals surface area contributed by atoms with Crippen molar-refractivity contribution in [3.63, 3.8) is 0 Å². The Labute approximate surface area is 121 Å². The van der Waals surface area contributed by atoms with Crippen LogP contribution in [0.4, 0.5) is 0 Å². The van der Waals surface area contributed by atoms with Crippen LogP contribution in [-0.2, 0) is 23.0 Å². The number of carboxylic acid groups (broad SMARTS) is 1. The highest BCUT2D eigenvalue weighted by molar-refractivity contribution is 7.91. The van der Waals surface area contributed by atoms with E-state index >= 15 is 0 Å². The highest BCUT2D eigenvalue weighted by Crippen LogP contribution is 2.35. The van der Waals surface area contributed by atoms with Gasteiger partial charge >= 0.3 is 5.97 Å². The fraction of sp³-hybridized carbons (Fsp3) is 0.583. The van der Waals surface area contributed by atoms with Crippen LogP contribution in [0.2, 0.25) is 0 Å². The molecule has 0 bridgehead atoms. The Morgan fingerprint density at radius 2 is 2.15 bits per heavy atom. The summed E-state index contributed by atoms with van der Waals surface area (Å²) < 4.78 is 27.4. The van der Waals surface area contributed by atoms with Crippen molar-refractivity contribution in [2.75, 3.05) is 6.54 Å². The van der Waals surface area contributed by atoms with Crippen molar-refractivity contribution in [3.8, 4) is 0 Å². The van der Waals surface area contributed by atoms with E-state index in [1.807, 2.05) is 0 Å². The first-order valence-electron chi connectivity index (χ1n) is 6.60. The lowest BCUT2D eigenvalue weighted by Gasteiger charge is -2.25. The third kappa shape index (κ3) is 2.37. The van der Waals surface area contributed by atoms with Crippen LogP contribution in [-0.4, -0.2) is 32.1 Å². The Balaban J connectivity index is 2.03. The summed E-state index contributed by atoms with van der Waals surface area (Å²) >= 11 is 1.08. The number of carboxylic acids is 1. The van der Waals surface area contributed by atoms with Crippen LogP contribution in [0.5, 0.6) is 0 Å². The number of carbonyl (C=O) groups is 1. The predicted molar refractivity (Wildman–Crippen MR) is 74.6 cm³/mol. The molecule has 3 N–H and O–H groups in total. The van der Waals surface area contributed by atoms with Crippen LogP contribution in [0.25, 0.3) is 0 Å². The number of hydrogen-bond acceptors (Lipinski definition) is 5. The third-order valence-electron chi connectivity index (χ3n) is 3.78. The van der Waals surface area contributed by atoms with Gasteiger partial charge in [0, 0.05) is 17.5 Å². The van der Waals surface area contributed by atoms with Gasteiger partial charge in [0.05, 0.1) is 5.56 Å². The maximum Gasteiger partial charge on any atom is 0.338 e. The molecule has 3 rings (SSSR count). The first kappa shape index (κ1) is 14.0. The van der Waals surface area contributed by atoms with Crippen LogP contribution in [0.15, 0.2) is 4.21 Å². The SMILES string of the molecule is O=C(O)c1c(S(=O)(=O)NC2CCC2)sc2c1CCNC2. The number of rotatable bonds is 4. The normalized spacial score (nSPS) is 19.4. The van der Waals surface area contributed by atoms with E-state index in [1.165, 1.54) is 0 Å². The van der Waals surface area contributed by atoms with E-state index in [9.17, 15) is 18.3 Å². The molecule has 0 amide bonds. The Morgan fingerprint density at radius 3 is 2.75 bits per heavy atom. The van der Waals surface area contributed by atoms with Crippen LogP contribution in [0.3, 0.4) is 0 Å². The molecule has 1 saturated carbocycles. The Hall–Kier alpha value is -0.960. The maximum absolute atomic E-state index is 12.4. The topological polar surface area (TPSA) is 95.5 Å². The summed E-state index contributed by atoms with van der Waals surface area (Å²) in [5.74, 6) is -1.15. The van der Waals surface area contributed by atoms with Gasteiger partial charge in [-0.1, -0.05) is 6.42 Å². The smallest absolute Gasteiger partial charge is 0.338 e. The molecule has 1 aliphatic carbocycles. The van der Waals surface area contributed by atoms with Gasteiger partial charge in [0.2, 0.25) is 0 Å². The second kappa shape index (κ2) is 5.10. The van der Waals surface area contributed by atoms with E-state index in [1.54, 1.807) is 0 Å². The van der Waals surface area contributed by atoms with Gasteiger partial charge in [-0.3, -0.25) is 0 Å². The quantitative estimate of drug-likeness (QED) is 0.768. The summed E-state index contributed by atoms with van der Waals surface area (Å²) in [6, 6.07) is -0.0427. The number of aromatic carboxylic acids is 1. The molecule has 20 heavy (non-hydrogen) atoms. The van der Waals surface area contributed by atoms with E-state index in [0.29, 0.717) is 25.1 Å². The van der Waals surface area contributed by atoms with Crippen molar-refractivity contribution in [1.29, 1.82) is 0 Å². The number of thiophene rings is 1. The first-order valence-corrected chi connectivity index (χ1v) is 8.90. The maximum atomic E-state index is 12.4. The molecule has 8 heteroatoms. The molecule has 110 valence electrons. The van der Waals surface area contributed by atoms with Gasteiger partial charge in [-0.25, -0.2) is 17.9 Å². The molecule has 0 aromatic carbocycles. The predicted octanol–water partition coefficient (Wildman–Crippen LogP) is 0.923. The molecule has 0 radical (unpaired) electrons. The number of fused-ring (bicyclic) bond motifs is 1. The van der Waals surface area contributed by atoms with E-state index in [2.05, 4.69) is 10.0 Å². The summed E-state index contributed by atoms with van der Waals surface area (Å²) in [7, 11) is -3.73. The number of nitrogens with one attached hydrogen (secondary N) is 2. The van der Waals surface area contributed by atoms with Crippen molar-refractivity contribution >= 4 is 27.3 Å². The summed E-state index contributed by atoms with van der Waals surface area (Å²) in [4.78, 5) is 12.3. The van der Waals surface area contributed by atoms with Gasteiger partial charge in [-0.05, 0) is 31.4 Å². The highest BCUT2D eigenvalue weighted by atomic mass is 32.2. The van der Waals surface area contributed by atoms with Crippen molar-refractivity contribution < 1.29 is 18.3 Å². The molecule has 0 unspecified atom stereocenters. The zero-order valence-electron chi connectivity index (χ0n) is 10.8. The molecule has 0 spiro atoms. The lowest BCUT2D eigenvalue weighted by molar-refractivity contribution is 0.0692. The minimum atomic E-state index is -3.73. The highest BCUT2D eigenvalue weighted by Gasteiger charge is 2.34. The summed E-state index contributed by atoms with van der Waals surface area (Å²) in [5, 5.41) is 12.5. The van der Waals surface area contributed by atoms with Crippen molar-refractivity contribution in [2.24, 2.45) is 0 Å². The average Bonchev–Trinajstić information content (AvgIpc) is 2.74. The molecule has 1 fully saturated rings. The van der Waals surface area contributed by atoms with Crippen molar-refractivity contribution in [3.05, 3.63) is 16.0 Å². The van der Waals surface area contributed by atoms with Crippen molar-refractivity contribution in [1.82, 2.24) is 10.0 Å².